The standard InChI is InChI=1S/C22H32N4O/c1-17-6-5-7-19(14-17)16-26-22(20-8-3-4-13-27-20)23-21(24-26)15-18-9-11-25(2)12-10-18/h5-7,14,18,20H,3-4,8-13,15-16H2,1-2H3. The zero-order chi connectivity index (χ0) is 18.6. The number of rotatable bonds is 5. The van der Waals surface area contributed by atoms with E-state index in [1.807, 2.05) is 0 Å². The van der Waals surface area contributed by atoms with Crippen molar-refractivity contribution in [3.63, 3.8) is 0 Å². The van der Waals surface area contributed by atoms with Gasteiger partial charge in [-0.3, -0.25) is 0 Å². The molecule has 0 aliphatic carbocycles. The Balaban J connectivity index is 1.54. The number of piperidine rings is 1. The average molecular weight is 369 g/mol. The third-order valence-corrected chi connectivity index (χ3v) is 5.94. The van der Waals surface area contributed by atoms with Crippen molar-refractivity contribution in [2.75, 3.05) is 26.7 Å². The number of hydrogen-bond acceptors (Lipinski definition) is 4. The van der Waals surface area contributed by atoms with Crippen LogP contribution in [0.25, 0.3) is 0 Å². The molecule has 0 spiro atoms. The largest absolute Gasteiger partial charge is 0.370 e. The quantitative estimate of drug-likeness (QED) is 0.806. The van der Waals surface area contributed by atoms with E-state index >= 15 is 0 Å². The van der Waals surface area contributed by atoms with Crippen LogP contribution in [-0.4, -0.2) is 46.4 Å². The lowest BCUT2D eigenvalue weighted by Crippen LogP contribution is -2.31. The fourth-order valence-electron chi connectivity index (χ4n) is 4.30. The van der Waals surface area contributed by atoms with Crippen LogP contribution in [-0.2, 0) is 17.7 Å². The Morgan fingerprint density at radius 1 is 1.15 bits per heavy atom. The van der Waals surface area contributed by atoms with Crippen LogP contribution in [0.3, 0.4) is 0 Å². The van der Waals surface area contributed by atoms with E-state index in [9.17, 15) is 0 Å². The highest BCUT2D eigenvalue weighted by Crippen LogP contribution is 2.28. The molecule has 5 nitrogen and oxygen atoms in total. The molecule has 1 aromatic carbocycles. The number of aryl methyl sites for hydroxylation is 1. The van der Waals surface area contributed by atoms with E-state index in [4.69, 9.17) is 14.8 Å². The lowest BCUT2D eigenvalue weighted by Gasteiger charge is -2.28. The Bertz CT molecular complexity index is 743. The summed E-state index contributed by atoms with van der Waals surface area (Å²) in [5, 5.41) is 4.94. The number of ether oxygens (including phenoxy) is 1. The average Bonchev–Trinajstić information content (AvgIpc) is 3.06. The van der Waals surface area contributed by atoms with Crippen LogP contribution in [0.2, 0.25) is 0 Å². The van der Waals surface area contributed by atoms with Gasteiger partial charge in [-0.25, -0.2) is 9.67 Å². The van der Waals surface area contributed by atoms with Gasteiger partial charge in [-0.05, 0) is 70.6 Å². The van der Waals surface area contributed by atoms with E-state index in [1.165, 1.54) is 43.5 Å². The second-order valence-corrected chi connectivity index (χ2v) is 8.34. The summed E-state index contributed by atoms with van der Waals surface area (Å²) in [4.78, 5) is 7.40. The van der Waals surface area contributed by atoms with Crippen molar-refractivity contribution in [2.45, 2.75) is 58.1 Å². The summed E-state index contributed by atoms with van der Waals surface area (Å²) >= 11 is 0. The van der Waals surface area contributed by atoms with Gasteiger partial charge < -0.3 is 9.64 Å². The summed E-state index contributed by atoms with van der Waals surface area (Å²) in [5.41, 5.74) is 2.57. The van der Waals surface area contributed by atoms with Crippen molar-refractivity contribution in [3.8, 4) is 0 Å². The minimum atomic E-state index is 0.0994. The van der Waals surface area contributed by atoms with Gasteiger partial charge in [0.1, 0.15) is 6.10 Å². The molecule has 4 rings (SSSR count). The maximum atomic E-state index is 6.05. The van der Waals surface area contributed by atoms with Crippen LogP contribution in [0, 0.1) is 12.8 Å². The molecule has 0 N–H and O–H groups in total. The molecule has 2 fully saturated rings. The fraction of sp³-hybridized carbons (Fsp3) is 0.636. The first-order chi connectivity index (χ1) is 13.2. The van der Waals surface area contributed by atoms with E-state index in [0.717, 1.165) is 44.1 Å². The molecule has 0 saturated carbocycles. The third-order valence-electron chi connectivity index (χ3n) is 5.94. The molecule has 5 heteroatoms. The van der Waals surface area contributed by atoms with E-state index < -0.39 is 0 Å². The monoisotopic (exact) mass is 368 g/mol. The van der Waals surface area contributed by atoms with Crippen molar-refractivity contribution in [3.05, 3.63) is 47.0 Å². The molecule has 2 aliphatic heterocycles. The Hall–Kier alpha value is -1.72. The molecule has 2 aromatic rings. The normalized spacial score (nSPS) is 22.2. The number of aromatic nitrogens is 3. The Morgan fingerprint density at radius 3 is 2.74 bits per heavy atom. The first-order valence-corrected chi connectivity index (χ1v) is 10.5. The molecular weight excluding hydrogens is 336 g/mol. The van der Waals surface area contributed by atoms with Crippen LogP contribution >= 0.6 is 0 Å². The highest BCUT2D eigenvalue weighted by molar-refractivity contribution is 5.22. The first kappa shape index (κ1) is 18.6. The molecule has 146 valence electrons. The SMILES string of the molecule is Cc1cccc(Cn2nc(CC3CCN(C)CC3)nc2C2CCCCO2)c1. The Labute approximate surface area is 162 Å². The van der Waals surface area contributed by atoms with E-state index in [2.05, 4.69) is 47.8 Å². The topological polar surface area (TPSA) is 43.2 Å². The smallest absolute Gasteiger partial charge is 0.156 e. The summed E-state index contributed by atoms with van der Waals surface area (Å²) in [5.74, 6) is 2.73. The third kappa shape index (κ3) is 4.77. The maximum absolute atomic E-state index is 6.05. The minimum absolute atomic E-state index is 0.0994. The zero-order valence-electron chi connectivity index (χ0n) is 16.7. The molecule has 1 atom stereocenters. The molecule has 0 radical (unpaired) electrons. The first-order valence-electron chi connectivity index (χ1n) is 10.5. The van der Waals surface area contributed by atoms with Crippen molar-refractivity contribution in [1.82, 2.24) is 19.7 Å². The van der Waals surface area contributed by atoms with Crippen molar-refractivity contribution < 1.29 is 4.74 Å². The van der Waals surface area contributed by atoms with Gasteiger partial charge in [0, 0.05) is 13.0 Å². The molecule has 0 bridgehead atoms. The van der Waals surface area contributed by atoms with Crippen LogP contribution in [0.1, 0.15) is 61.0 Å². The van der Waals surface area contributed by atoms with Gasteiger partial charge in [-0.1, -0.05) is 29.8 Å². The second-order valence-electron chi connectivity index (χ2n) is 8.34. The van der Waals surface area contributed by atoms with Crippen molar-refractivity contribution in [2.24, 2.45) is 5.92 Å². The van der Waals surface area contributed by atoms with Crippen molar-refractivity contribution in [1.29, 1.82) is 0 Å². The number of benzene rings is 1. The molecule has 1 aromatic heterocycles. The summed E-state index contributed by atoms with van der Waals surface area (Å²) in [6.07, 6.45) is 7.02. The van der Waals surface area contributed by atoms with E-state index in [1.54, 1.807) is 0 Å². The van der Waals surface area contributed by atoms with Gasteiger partial charge in [0.2, 0.25) is 0 Å². The van der Waals surface area contributed by atoms with Crippen LogP contribution < -0.4 is 0 Å². The maximum Gasteiger partial charge on any atom is 0.156 e. The van der Waals surface area contributed by atoms with Gasteiger partial charge >= 0.3 is 0 Å². The number of hydrogen-bond donors (Lipinski definition) is 0. The van der Waals surface area contributed by atoms with Crippen LogP contribution in [0.5, 0.6) is 0 Å². The summed E-state index contributed by atoms with van der Waals surface area (Å²) in [7, 11) is 2.21. The fourth-order valence-corrected chi connectivity index (χ4v) is 4.30. The highest BCUT2D eigenvalue weighted by atomic mass is 16.5. The summed E-state index contributed by atoms with van der Waals surface area (Å²) in [6, 6.07) is 8.68. The van der Waals surface area contributed by atoms with Gasteiger partial charge in [0.15, 0.2) is 11.6 Å². The second kappa shape index (κ2) is 8.53. The van der Waals surface area contributed by atoms with E-state index in [-0.39, 0.29) is 6.10 Å². The van der Waals surface area contributed by atoms with Gasteiger partial charge in [0.05, 0.1) is 6.54 Å². The van der Waals surface area contributed by atoms with E-state index in [0.29, 0.717) is 5.92 Å². The Kier molecular flexibility index (Phi) is 5.89. The predicted molar refractivity (Wildman–Crippen MR) is 107 cm³/mol. The molecule has 27 heavy (non-hydrogen) atoms. The zero-order valence-corrected chi connectivity index (χ0v) is 16.7. The molecule has 0 amide bonds. The van der Waals surface area contributed by atoms with Crippen molar-refractivity contribution >= 4 is 0 Å². The van der Waals surface area contributed by atoms with Gasteiger partial charge in [-0.15, -0.1) is 0 Å². The lowest BCUT2D eigenvalue weighted by atomic mass is 9.93. The Morgan fingerprint density at radius 2 is 2.00 bits per heavy atom. The number of likely N-dealkylation sites (tertiary alicyclic amines) is 1. The van der Waals surface area contributed by atoms with Gasteiger partial charge in [-0.2, -0.15) is 5.10 Å². The summed E-state index contributed by atoms with van der Waals surface area (Å²) < 4.78 is 8.16. The molecular formula is C22H32N4O. The van der Waals surface area contributed by atoms with Gasteiger partial charge in [0.25, 0.3) is 0 Å². The highest BCUT2D eigenvalue weighted by Gasteiger charge is 2.25. The lowest BCUT2D eigenvalue weighted by molar-refractivity contribution is 0.00694. The molecule has 3 heterocycles. The summed E-state index contributed by atoms with van der Waals surface area (Å²) in [6.45, 7) is 6.13. The van der Waals surface area contributed by atoms with Crippen LogP contribution in [0.4, 0.5) is 0 Å². The molecule has 2 aliphatic rings. The molecule has 1 unspecified atom stereocenters. The minimum Gasteiger partial charge on any atom is -0.370 e. The number of nitrogens with zero attached hydrogens (tertiary/aromatic N) is 4. The molecule has 2 saturated heterocycles. The van der Waals surface area contributed by atoms with Crippen LogP contribution in [0.15, 0.2) is 24.3 Å². The predicted octanol–water partition coefficient (Wildman–Crippen LogP) is 3.76.